The quantitative estimate of drug-likeness (QED) is 0.805. The van der Waals surface area contributed by atoms with E-state index in [9.17, 15) is 9.59 Å². The van der Waals surface area contributed by atoms with Gasteiger partial charge in [-0.05, 0) is 49.9 Å². The lowest BCUT2D eigenvalue weighted by molar-refractivity contribution is -0.132. The predicted molar refractivity (Wildman–Crippen MR) is 102 cm³/mol. The first-order valence-corrected chi connectivity index (χ1v) is 9.39. The Morgan fingerprint density at radius 2 is 2.07 bits per heavy atom. The minimum absolute atomic E-state index is 0.0325. The number of hydrogen-bond donors (Lipinski definition) is 1. The molecule has 0 spiro atoms. The molecule has 3 rings (SSSR count). The van der Waals surface area contributed by atoms with Crippen molar-refractivity contribution in [3.8, 4) is 0 Å². The zero-order chi connectivity index (χ0) is 19.4. The van der Waals surface area contributed by atoms with Crippen LogP contribution in [-0.2, 0) is 29.6 Å². The van der Waals surface area contributed by atoms with Gasteiger partial charge in [-0.3, -0.25) is 19.3 Å². The molecule has 0 saturated carbocycles. The Morgan fingerprint density at radius 3 is 2.67 bits per heavy atom. The SMILES string of the molecule is Cc1nn(C)c(C)c1CCC(=O)N(Cc1ccncc1)CC1CCC(=O)N1. The van der Waals surface area contributed by atoms with Crippen LogP contribution in [0.15, 0.2) is 24.5 Å². The van der Waals surface area contributed by atoms with E-state index in [1.165, 1.54) is 0 Å². The molecule has 0 aromatic carbocycles. The lowest BCUT2D eigenvalue weighted by Gasteiger charge is -2.26. The van der Waals surface area contributed by atoms with Crippen LogP contribution >= 0.6 is 0 Å². The van der Waals surface area contributed by atoms with Crippen molar-refractivity contribution >= 4 is 11.8 Å². The van der Waals surface area contributed by atoms with Crippen molar-refractivity contribution in [3.05, 3.63) is 47.0 Å². The number of carbonyl (C=O) groups is 2. The van der Waals surface area contributed by atoms with Gasteiger partial charge in [0.25, 0.3) is 0 Å². The molecule has 1 unspecified atom stereocenters. The number of pyridine rings is 1. The van der Waals surface area contributed by atoms with Crippen LogP contribution in [0.3, 0.4) is 0 Å². The van der Waals surface area contributed by atoms with Gasteiger partial charge in [-0.2, -0.15) is 5.10 Å². The molecule has 0 radical (unpaired) electrons. The van der Waals surface area contributed by atoms with Gasteiger partial charge in [-0.15, -0.1) is 0 Å². The number of hydrogen-bond acceptors (Lipinski definition) is 4. The van der Waals surface area contributed by atoms with E-state index in [0.29, 0.717) is 32.4 Å². The minimum atomic E-state index is 0.0325. The van der Waals surface area contributed by atoms with Crippen molar-refractivity contribution in [1.82, 2.24) is 25.0 Å². The van der Waals surface area contributed by atoms with Gasteiger partial charge in [0, 0.05) is 57.1 Å². The Kier molecular flexibility index (Phi) is 5.88. The van der Waals surface area contributed by atoms with E-state index in [0.717, 1.165) is 28.9 Å². The van der Waals surface area contributed by atoms with Crippen LogP contribution < -0.4 is 5.32 Å². The van der Waals surface area contributed by atoms with Crippen molar-refractivity contribution in [2.45, 2.75) is 52.1 Å². The molecular formula is C20H27N5O2. The van der Waals surface area contributed by atoms with Crippen molar-refractivity contribution in [2.24, 2.45) is 7.05 Å². The summed E-state index contributed by atoms with van der Waals surface area (Å²) in [5.41, 5.74) is 4.26. The molecule has 7 heteroatoms. The number of aromatic nitrogens is 3. The molecule has 2 aromatic heterocycles. The zero-order valence-corrected chi connectivity index (χ0v) is 16.2. The molecule has 1 N–H and O–H groups in total. The summed E-state index contributed by atoms with van der Waals surface area (Å²) in [4.78, 5) is 30.4. The van der Waals surface area contributed by atoms with Gasteiger partial charge in [-0.1, -0.05) is 0 Å². The fourth-order valence-corrected chi connectivity index (χ4v) is 3.61. The maximum atomic E-state index is 13.0. The Morgan fingerprint density at radius 1 is 1.33 bits per heavy atom. The second-order valence-corrected chi connectivity index (χ2v) is 7.21. The van der Waals surface area contributed by atoms with Gasteiger partial charge in [0.2, 0.25) is 11.8 Å². The van der Waals surface area contributed by atoms with Crippen LogP contribution in [0.2, 0.25) is 0 Å². The number of nitrogens with one attached hydrogen (secondary N) is 1. The molecule has 7 nitrogen and oxygen atoms in total. The molecule has 2 aromatic rings. The average Bonchev–Trinajstić information content (AvgIpc) is 3.16. The fourth-order valence-electron chi connectivity index (χ4n) is 3.61. The Balaban J connectivity index is 1.68. The van der Waals surface area contributed by atoms with Gasteiger partial charge >= 0.3 is 0 Å². The Bertz CT molecular complexity index is 815. The van der Waals surface area contributed by atoms with E-state index >= 15 is 0 Å². The number of amides is 2. The van der Waals surface area contributed by atoms with Crippen LogP contribution in [0.25, 0.3) is 0 Å². The summed E-state index contributed by atoms with van der Waals surface area (Å²) in [7, 11) is 1.92. The highest BCUT2D eigenvalue weighted by atomic mass is 16.2. The second kappa shape index (κ2) is 8.33. The lowest BCUT2D eigenvalue weighted by Crippen LogP contribution is -2.41. The minimum Gasteiger partial charge on any atom is -0.352 e. The normalized spacial score (nSPS) is 16.4. The highest BCUT2D eigenvalue weighted by molar-refractivity contribution is 5.79. The van der Waals surface area contributed by atoms with Gasteiger partial charge < -0.3 is 10.2 Å². The highest BCUT2D eigenvalue weighted by Crippen LogP contribution is 2.17. The molecule has 0 aliphatic carbocycles. The first-order chi connectivity index (χ1) is 12.9. The fraction of sp³-hybridized carbons (Fsp3) is 0.500. The van der Waals surface area contributed by atoms with Gasteiger partial charge in [-0.25, -0.2) is 0 Å². The monoisotopic (exact) mass is 369 g/mol. The molecular weight excluding hydrogens is 342 g/mol. The maximum absolute atomic E-state index is 13.0. The summed E-state index contributed by atoms with van der Waals surface area (Å²) >= 11 is 0. The van der Waals surface area contributed by atoms with Crippen molar-refractivity contribution in [2.75, 3.05) is 6.54 Å². The second-order valence-electron chi connectivity index (χ2n) is 7.21. The van der Waals surface area contributed by atoms with Crippen LogP contribution in [0.1, 0.15) is 41.8 Å². The zero-order valence-electron chi connectivity index (χ0n) is 16.2. The molecule has 2 amide bonds. The largest absolute Gasteiger partial charge is 0.352 e. The van der Waals surface area contributed by atoms with Gasteiger partial charge in [0.05, 0.1) is 5.69 Å². The first-order valence-electron chi connectivity index (χ1n) is 9.39. The predicted octanol–water partition coefficient (Wildman–Crippen LogP) is 1.67. The van der Waals surface area contributed by atoms with E-state index < -0.39 is 0 Å². The number of nitrogens with zero attached hydrogens (tertiary/aromatic N) is 4. The molecule has 1 aliphatic rings. The Hall–Kier alpha value is -2.70. The standard InChI is InChI=1S/C20H27N5O2/c1-14-18(15(2)24(3)23-14)5-7-20(27)25(12-16-8-10-21-11-9-16)13-17-4-6-19(26)22-17/h8-11,17H,4-7,12-13H2,1-3H3,(H,22,26). The molecule has 1 fully saturated rings. The molecule has 27 heavy (non-hydrogen) atoms. The number of carbonyl (C=O) groups excluding carboxylic acids is 2. The molecule has 1 saturated heterocycles. The summed E-state index contributed by atoms with van der Waals surface area (Å²) in [6.45, 7) is 5.08. The third kappa shape index (κ3) is 4.72. The maximum Gasteiger partial charge on any atom is 0.223 e. The van der Waals surface area contributed by atoms with Gasteiger partial charge in [0.15, 0.2) is 0 Å². The summed E-state index contributed by atoms with van der Waals surface area (Å²) < 4.78 is 1.86. The van der Waals surface area contributed by atoms with Crippen LogP contribution in [-0.4, -0.2) is 44.1 Å². The van der Waals surface area contributed by atoms with Crippen molar-refractivity contribution in [3.63, 3.8) is 0 Å². The number of rotatable bonds is 7. The van der Waals surface area contributed by atoms with E-state index in [4.69, 9.17) is 0 Å². The molecule has 3 heterocycles. The number of aryl methyl sites for hydroxylation is 2. The molecule has 144 valence electrons. The smallest absolute Gasteiger partial charge is 0.223 e. The van der Waals surface area contributed by atoms with Crippen LogP contribution in [0.4, 0.5) is 0 Å². The summed E-state index contributed by atoms with van der Waals surface area (Å²) in [5, 5.41) is 7.39. The summed E-state index contributed by atoms with van der Waals surface area (Å²) in [5.74, 6) is 0.161. The van der Waals surface area contributed by atoms with Crippen molar-refractivity contribution < 1.29 is 9.59 Å². The molecule has 1 atom stereocenters. The third-order valence-corrected chi connectivity index (χ3v) is 5.25. The summed E-state index contributed by atoms with van der Waals surface area (Å²) in [6, 6.07) is 3.87. The molecule has 0 bridgehead atoms. The molecule has 1 aliphatic heterocycles. The van der Waals surface area contributed by atoms with E-state index in [-0.39, 0.29) is 17.9 Å². The van der Waals surface area contributed by atoms with Crippen LogP contribution in [0, 0.1) is 13.8 Å². The topological polar surface area (TPSA) is 80.1 Å². The van der Waals surface area contributed by atoms with Crippen LogP contribution in [0.5, 0.6) is 0 Å². The highest BCUT2D eigenvalue weighted by Gasteiger charge is 2.25. The van der Waals surface area contributed by atoms with Gasteiger partial charge in [0.1, 0.15) is 0 Å². The van der Waals surface area contributed by atoms with E-state index in [1.807, 2.05) is 42.6 Å². The summed E-state index contributed by atoms with van der Waals surface area (Å²) in [6.07, 6.45) is 5.89. The Labute approximate surface area is 159 Å². The average molecular weight is 369 g/mol. The third-order valence-electron chi connectivity index (χ3n) is 5.25. The lowest BCUT2D eigenvalue weighted by atomic mass is 10.1. The van der Waals surface area contributed by atoms with Crippen molar-refractivity contribution in [1.29, 1.82) is 0 Å². The van der Waals surface area contributed by atoms with E-state index in [1.54, 1.807) is 12.4 Å². The first kappa shape index (κ1) is 19.1. The van der Waals surface area contributed by atoms with E-state index in [2.05, 4.69) is 15.4 Å².